The first-order chi connectivity index (χ1) is 20.4. The Hall–Kier alpha value is -4.20. The lowest BCUT2D eigenvalue weighted by Crippen LogP contribution is -2.52. The number of pyridine rings is 2. The van der Waals surface area contributed by atoms with Crippen LogP contribution in [0.1, 0.15) is 50.8 Å². The van der Waals surface area contributed by atoms with Gasteiger partial charge in [-0.1, -0.05) is 56.5 Å². The highest BCUT2D eigenvalue weighted by atomic mass is 35.5. The lowest BCUT2D eigenvalue weighted by Gasteiger charge is -2.28. The summed E-state index contributed by atoms with van der Waals surface area (Å²) in [6, 6.07) is 12.6. The van der Waals surface area contributed by atoms with E-state index in [1.54, 1.807) is 18.5 Å². The van der Waals surface area contributed by atoms with Gasteiger partial charge in [0.2, 0.25) is 0 Å². The zero-order valence-electron chi connectivity index (χ0n) is 23.9. The predicted molar refractivity (Wildman–Crippen MR) is 165 cm³/mol. The summed E-state index contributed by atoms with van der Waals surface area (Å²) in [5.74, 6) is 2.71. The molecule has 4 N–H and O–H groups in total. The molecule has 1 aliphatic heterocycles. The zero-order valence-corrected chi connectivity index (χ0v) is 24.7. The highest BCUT2D eigenvalue weighted by Gasteiger charge is 2.67. The van der Waals surface area contributed by atoms with Gasteiger partial charge in [0.1, 0.15) is 0 Å². The van der Waals surface area contributed by atoms with Crippen LogP contribution in [0.3, 0.4) is 0 Å². The Labute approximate surface area is 252 Å². The number of fused-ring (bicyclic) bond motifs is 2. The number of aromatic nitrogens is 2. The van der Waals surface area contributed by atoms with E-state index in [4.69, 9.17) is 18.0 Å². The van der Waals surface area contributed by atoms with Crippen molar-refractivity contribution in [2.45, 2.75) is 51.4 Å². The first-order valence-electron chi connectivity index (χ1n) is 13.9. The van der Waals surface area contributed by atoms with E-state index >= 15 is 0 Å². The van der Waals surface area contributed by atoms with E-state index in [2.05, 4.69) is 58.3 Å². The molecule has 6 rings (SSSR count). The summed E-state index contributed by atoms with van der Waals surface area (Å²) < 4.78 is 41.9. The average molecular weight is 606 g/mol. The second-order valence-electron chi connectivity index (χ2n) is 12.2. The molecule has 0 saturated heterocycles. The number of hydrazine groups is 2. The van der Waals surface area contributed by atoms with Crippen LogP contribution >= 0.6 is 11.6 Å². The van der Waals surface area contributed by atoms with Crippen molar-refractivity contribution in [1.29, 1.82) is 0 Å². The Bertz CT molecular complexity index is 1780. The molecule has 222 valence electrons. The van der Waals surface area contributed by atoms with E-state index in [0.717, 1.165) is 32.5 Å². The fourth-order valence-corrected chi connectivity index (χ4v) is 5.62. The van der Waals surface area contributed by atoms with Crippen LogP contribution in [-0.2, 0) is 0 Å². The Morgan fingerprint density at radius 2 is 1.91 bits per heavy atom. The molecule has 2 aliphatic rings. The lowest BCUT2D eigenvalue weighted by molar-refractivity contribution is -0.195. The van der Waals surface area contributed by atoms with Crippen LogP contribution in [0.2, 0.25) is 5.02 Å². The fourth-order valence-electron chi connectivity index (χ4n) is 5.35. The monoisotopic (exact) mass is 605 g/mol. The lowest BCUT2D eigenvalue weighted by atomic mass is 9.96. The third-order valence-electron chi connectivity index (χ3n) is 7.79. The third kappa shape index (κ3) is 5.39. The van der Waals surface area contributed by atoms with Crippen molar-refractivity contribution in [1.82, 2.24) is 25.9 Å². The SMILES string of the molecule is C#Cc1cnc2c(Cl)cc(N[C@H](C3=CN(C4(C(F)(F)F)CC4)NN3)c3cccc4ncccc34)cc2c1NCC(C)(C)C. The van der Waals surface area contributed by atoms with Gasteiger partial charge in [0, 0.05) is 41.6 Å². The van der Waals surface area contributed by atoms with Gasteiger partial charge in [-0.3, -0.25) is 15.0 Å². The molecule has 0 radical (unpaired) electrons. The van der Waals surface area contributed by atoms with E-state index in [-0.39, 0.29) is 18.3 Å². The Kier molecular flexibility index (Phi) is 7.06. The van der Waals surface area contributed by atoms with Gasteiger partial charge in [-0.05, 0) is 48.1 Å². The summed E-state index contributed by atoms with van der Waals surface area (Å²) in [7, 11) is 0. The van der Waals surface area contributed by atoms with E-state index in [0.29, 0.717) is 34.0 Å². The second-order valence-corrected chi connectivity index (χ2v) is 12.6. The summed E-state index contributed by atoms with van der Waals surface area (Å²) in [5.41, 5.74) is 8.42. The minimum atomic E-state index is -4.38. The van der Waals surface area contributed by atoms with Crippen molar-refractivity contribution in [3.63, 3.8) is 0 Å². The number of nitrogens with one attached hydrogen (secondary N) is 4. The predicted octanol–water partition coefficient (Wildman–Crippen LogP) is 7.29. The Morgan fingerprint density at radius 3 is 2.60 bits per heavy atom. The van der Waals surface area contributed by atoms with Crippen LogP contribution in [-0.4, -0.2) is 33.2 Å². The fraction of sp³-hybridized carbons (Fsp3) is 0.312. The van der Waals surface area contributed by atoms with Crippen molar-refractivity contribution in [2.24, 2.45) is 5.41 Å². The van der Waals surface area contributed by atoms with Crippen molar-refractivity contribution < 1.29 is 13.2 Å². The molecule has 4 aromatic rings. The Balaban J connectivity index is 1.46. The molecule has 3 heterocycles. The largest absolute Gasteiger partial charge is 0.413 e. The summed E-state index contributed by atoms with van der Waals surface area (Å²) in [5, 5.41) is 10.1. The quantitative estimate of drug-likeness (QED) is 0.165. The summed E-state index contributed by atoms with van der Waals surface area (Å²) in [6.07, 6.45) is 6.31. The molecule has 0 amide bonds. The maximum absolute atomic E-state index is 14.0. The number of hydrogen-bond donors (Lipinski definition) is 4. The summed E-state index contributed by atoms with van der Waals surface area (Å²) >= 11 is 6.78. The van der Waals surface area contributed by atoms with Gasteiger partial charge in [0.15, 0.2) is 5.54 Å². The molecular formula is C32H31ClF3N7. The maximum atomic E-state index is 14.0. The van der Waals surface area contributed by atoms with Crippen molar-refractivity contribution in [3.05, 3.63) is 82.9 Å². The van der Waals surface area contributed by atoms with Gasteiger partial charge in [-0.25, -0.2) is 0 Å². The molecular weight excluding hydrogens is 575 g/mol. The van der Waals surface area contributed by atoms with Crippen molar-refractivity contribution in [3.8, 4) is 12.3 Å². The first-order valence-corrected chi connectivity index (χ1v) is 14.3. The zero-order chi connectivity index (χ0) is 30.6. The van der Waals surface area contributed by atoms with Gasteiger partial charge in [-0.2, -0.15) is 13.2 Å². The molecule has 7 nitrogen and oxygen atoms in total. The minimum absolute atomic E-state index is 0.0143. The molecule has 2 aromatic heterocycles. The maximum Gasteiger partial charge on any atom is 0.413 e. The van der Waals surface area contributed by atoms with Crippen LogP contribution in [0.15, 0.2) is 66.8 Å². The second kappa shape index (κ2) is 10.5. The van der Waals surface area contributed by atoms with Crippen LogP contribution in [0.5, 0.6) is 0 Å². The summed E-state index contributed by atoms with van der Waals surface area (Å²) in [4.78, 5) is 9.00. The van der Waals surface area contributed by atoms with E-state index in [1.165, 1.54) is 6.20 Å². The van der Waals surface area contributed by atoms with Gasteiger partial charge in [0.05, 0.1) is 39.0 Å². The van der Waals surface area contributed by atoms with Crippen molar-refractivity contribution >= 4 is 44.8 Å². The number of anilines is 2. The van der Waals surface area contributed by atoms with E-state index in [9.17, 15) is 13.2 Å². The first kappa shape index (κ1) is 28.9. The smallest absolute Gasteiger partial charge is 0.383 e. The molecule has 0 spiro atoms. The molecule has 1 fully saturated rings. The minimum Gasteiger partial charge on any atom is -0.383 e. The molecule has 1 saturated carbocycles. The number of halogens is 4. The van der Waals surface area contributed by atoms with Crippen molar-refractivity contribution in [2.75, 3.05) is 17.2 Å². The average Bonchev–Trinajstić information content (AvgIpc) is 3.65. The molecule has 1 atom stereocenters. The highest BCUT2D eigenvalue weighted by Crippen LogP contribution is 2.54. The number of terminal acetylenes is 1. The van der Waals surface area contributed by atoms with E-state index < -0.39 is 17.8 Å². The van der Waals surface area contributed by atoms with Crippen LogP contribution in [0, 0.1) is 17.8 Å². The number of alkyl halides is 3. The third-order valence-corrected chi connectivity index (χ3v) is 8.08. The topological polar surface area (TPSA) is 77.1 Å². The number of nitrogens with zero attached hydrogens (tertiary/aromatic N) is 3. The molecule has 2 aromatic carbocycles. The van der Waals surface area contributed by atoms with Crippen LogP contribution in [0.25, 0.3) is 21.8 Å². The normalized spacial score (nSPS) is 16.9. The standard InChI is InChI=1S/C32H31ClF3N7/c1-5-19-16-38-28-23(27(19)39-18-30(2,3)4)14-20(15-24(28)33)40-29(22-8-6-10-25-21(22)9-7-13-37-25)26-17-43(42-41-26)31(11-12-31)32(34,35)36/h1,6-10,13-17,29,40-42H,11-12,18H2,2-4H3,(H,38,39)/t29-/m0/s1. The van der Waals surface area contributed by atoms with Gasteiger partial charge in [-0.15, -0.1) is 12.0 Å². The number of rotatable bonds is 7. The molecule has 11 heteroatoms. The molecule has 0 unspecified atom stereocenters. The van der Waals surface area contributed by atoms with E-state index in [1.807, 2.05) is 36.4 Å². The van der Waals surface area contributed by atoms with Crippen LogP contribution < -0.4 is 21.6 Å². The van der Waals surface area contributed by atoms with Gasteiger partial charge in [0.25, 0.3) is 0 Å². The molecule has 1 aliphatic carbocycles. The van der Waals surface area contributed by atoms with Crippen LogP contribution in [0.4, 0.5) is 24.5 Å². The number of hydrogen-bond acceptors (Lipinski definition) is 7. The molecule has 0 bridgehead atoms. The Morgan fingerprint density at radius 1 is 1.12 bits per heavy atom. The van der Waals surface area contributed by atoms with Gasteiger partial charge >= 0.3 is 6.18 Å². The molecule has 43 heavy (non-hydrogen) atoms. The van der Waals surface area contributed by atoms with Gasteiger partial charge < -0.3 is 16.1 Å². The number of benzene rings is 2. The summed E-state index contributed by atoms with van der Waals surface area (Å²) in [6.45, 7) is 7.01. The highest BCUT2D eigenvalue weighted by molar-refractivity contribution is 6.35.